The van der Waals surface area contributed by atoms with Crippen molar-refractivity contribution in [3.8, 4) is 0 Å². The van der Waals surface area contributed by atoms with Crippen LogP contribution in [0, 0.1) is 5.41 Å². The molecule has 2 N–H and O–H groups in total. The van der Waals surface area contributed by atoms with Gasteiger partial charge in [0.1, 0.15) is 0 Å². The molecule has 0 radical (unpaired) electrons. The molecule has 0 aromatic carbocycles. The van der Waals surface area contributed by atoms with Gasteiger partial charge in [0, 0.05) is 13.1 Å². The Bertz CT molecular complexity index is 213. The first-order valence-corrected chi connectivity index (χ1v) is 7.54. The summed E-state index contributed by atoms with van der Waals surface area (Å²) in [5.41, 5.74) is 0.309. The van der Waals surface area contributed by atoms with Crippen LogP contribution >= 0.6 is 0 Å². The summed E-state index contributed by atoms with van der Waals surface area (Å²) in [6.45, 7) is 8.74. The van der Waals surface area contributed by atoms with Gasteiger partial charge in [-0.05, 0) is 24.7 Å². The maximum absolute atomic E-state index is 9.86. The second kappa shape index (κ2) is 8.13. The van der Waals surface area contributed by atoms with Crippen molar-refractivity contribution in [3.63, 3.8) is 0 Å². The van der Waals surface area contributed by atoms with E-state index in [0.717, 1.165) is 13.0 Å². The average Bonchev–Trinajstić information content (AvgIpc) is 2.37. The molecule has 0 bridgehead atoms. The number of ether oxygens (including phenoxy) is 1. The lowest BCUT2D eigenvalue weighted by Gasteiger charge is -2.25. The number of aliphatic hydroxyl groups is 1. The van der Waals surface area contributed by atoms with Crippen LogP contribution in [0.1, 0.15) is 59.3 Å². The highest BCUT2D eigenvalue weighted by molar-refractivity contribution is 4.71. The fraction of sp³-hybridized carbons (Fsp3) is 1.00. The van der Waals surface area contributed by atoms with Crippen molar-refractivity contribution in [1.82, 2.24) is 5.32 Å². The molecule has 1 aliphatic rings. The number of hydrogen-bond donors (Lipinski definition) is 2. The van der Waals surface area contributed by atoms with Crippen molar-refractivity contribution >= 4 is 0 Å². The molecule has 3 heteroatoms. The Balaban J connectivity index is 2.04. The fourth-order valence-electron chi connectivity index (χ4n) is 2.24. The molecule has 0 aromatic heterocycles. The maximum Gasteiger partial charge on any atom is 0.0897 e. The van der Waals surface area contributed by atoms with E-state index in [0.29, 0.717) is 24.7 Å². The van der Waals surface area contributed by atoms with Crippen LogP contribution in [-0.2, 0) is 4.74 Å². The van der Waals surface area contributed by atoms with E-state index in [9.17, 15) is 5.11 Å². The zero-order valence-electron chi connectivity index (χ0n) is 12.4. The summed E-state index contributed by atoms with van der Waals surface area (Å²) in [7, 11) is 0. The minimum absolute atomic E-state index is 0.309. The quantitative estimate of drug-likeness (QED) is 0.702. The largest absolute Gasteiger partial charge is 0.389 e. The Kier molecular flexibility index (Phi) is 7.20. The van der Waals surface area contributed by atoms with E-state index < -0.39 is 0 Å². The molecule has 1 fully saturated rings. The topological polar surface area (TPSA) is 41.5 Å². The second-order valence-electron chi connectivity index (χ2n) is 6.40. The Morgan fingerprint density at radius 1 is 1.28 bits per heavy atom. The second-order valence-corrected chi connectivity index (χ2v) is 6.40. The molecule has 1 aliphatic carbocycles. The van der Waals surface area contributed by atoms with Gasteiger partial charge in [0.15, 0.2) is 0 Å². The van der Waals surface area contributed by atoms with Gasteiger partial charge < -0.3 is 15.2 Å². The molecular formula is C15H31NO2. The first kappa shape index (κ1) is 15.9. The summed E-state index contributed by atoms with van der Waals surface area (Å²) in [6.07, 6.45) is 7.41. The van der Waals surface area contributed by atoms with Crippen LogP contribution < -0.4 is 5.32 Å². The normalized spacial score (nSPS) is 20.0. The van der Waals surface area contributed by atoms with E-state index >= 15 is 0 Å². The van der Waals surface area contributed by atoms with Gasteiger partial charge in [0.05, 0.1) is 18.8 Å². The maximum atomic E-state index is 9.86. The van der Waals surface area contributed by atoms with Crippen LogP contribution in [0.3, 0.4) is 0 Å². The molecule has 0 spiro atoms. The van der Waals surface area contributed by atoms with Crippen molar-refractivity contribution in [2.24, 2.45) is 5.41 Å². The zero-order chi connectivity index (χ0) is 13.4. The predicted octanol–water partition coefficient (Wildman–Crippen LogP) is 2.72. The predicted molar refractivity (Wildman–Crippen MR) is 75.8 cm³/mol. The third-order valence-electron chi connectivity index (χ3n) is 4.02. The van der Waals surface area contributed by atoms with Crippen LogP contribution in [0.2, 0.25) is 0 Å². The molecule has 3 nitrogen and oxygen atoms in total. The zero-order valence-corrected chi connectivity index (χ0v) is 12.4. The summed E-state index contributed by atoms with van der Waals surface area (Å²) in [4.78, 5) is 0. The minimum Gasteiger partial charge on any atom is -0.389 e. The van der Waals surface area contributed by atoms with Gasteiger partial charge in [-0.15, -0.1) is 0 Å². The van der Waals surface area contributed by atoms with Crippen molar-refractivity contribution in [2.45, 2.75) is 71.5 Å². The number of rotatable bonds is 8. The standard InChI is InChI=1S/C15H31NO2/c1-4-15(2,3)12-16-10-13(17)11-18-14-8-6-5-7-9-14/h13-14,16-17H,4-12H2,1-3H3. The van der Waals surface area contributed by atoms with Crippen molar-refractivity contribution in [2.75, 3.05) is 19.7 Å². The SMILES string of the molecule is CCC(C)(C)CNCC(O)COC1CCCCC1. The van der Waals surface area contributed by atoms with E-state index in [1.165, 1.54) is 32.1 Å². The van der Waals surface area contributed by atoms with Gasteiger partial charge in [-0.3, -0.25) is 0 Å². The van der Waals surface area contributed by atoms with E-state index in [-0.39, 0.29) is 6.10 Å². The molecule has 0 saturated heterocycles. The van der Waals surface area contributed by atoms with Crippen LogP contribution in [0.25, 0.3) is 0 Å². The highest BCUT2D eigenvalue weighted by Gasteiger charge is 2.17. The van der Waals surface area contributed by atoms with Crippen LogP contribution in [-0.4, -0.2) is 37.0 Å². The highest BCUT2D eigenvalue weighted by atomic mass is 16.5. The summed E-state index contributed by atoms with van der Waals surface area (Å²) in [5, 5.41) is 13.2. The van der Waals surface area contributed by atoms with Crippen molar-refractivity contribution < 1.29 is 9.84 Å². The van der Waals surface area contributed by atoms with Gasteiger partial charge in [0.2, 0.25) is 0 Å². The number of hydrogen-bond acceptors (Lipinski definition) is 3. The number of aliphatic hydroxyl groups excluding tert-OH is 1. The van der Waals surface area contributed by atoms with Gasteiger partial charge in [-0.2, -0.15) is 0 Å². The summed E-state index contributed by atoms with van der Waals surface area (Å²) >= 11 is 0. The average molecular weight is 257 g/mol. The highest BCUT2D eigenvalue weighted by Crippen LogP contribution is 2.20. The lowest BCUT2D eigenvalue weighted by Crippen LogP contribution is -2.37. The van der Waals surface area contributed by atoms with Crippen molar-refractivity contribution in [3.05, 3.63) is 0 Å². The molecule has 1 saturated carbocycles. The van der Waals surface area contributed by atoms with Gasteiger partial charge in [-0.25, -0.2) is 0 Å². The molecule has 18 heavy (non-hydrogen) atoms. The lowest BCUT2D eigenvalue weighted by atomic mass is 9.90. The van der Waals surface area contributed by atoms with Crippen molar-refractivity contribution in [1.29, 1.82) is 0 Å². The minimum atomic E-state index is -0.375. The molecular weight excluding hydrogens is 226 g/mol. The molecule has 0 amide bonds. The summed E-state index contributed by atoms with van der Waals surface area (Å²) in [5.74, 6) is 0. The smallest absolute Gasteiger partial charge is 0.0897 e. The Morgan fingerprint density at radius 3 is 2.56 bits per heavy atom. The first-order valence-electron chi connectivity index (χ1n) is 7.54. The molecule has 0 heterocycles. The Morgan fingerprint density at radius 2 is 1.94 bits per heavy atom. The third-order valence-corrected chi connectivity index (χ3v) is 4.02. The van der Waals surface area contributed by atoms with E-state index in [1.54, 1.807) is 0 Å². The van der Waals surface area contributed by atoms with Crippen LogP contribution in [0.5, 0.6) is 0 Å². The number of nitrogens with one attached hydrogen (secondary N) is 1. The van der Waals surface area contributed by atoms with Crippen LogP contribution in [0.15, 0.2) is 0 Å². The molecule has 0 aromatic rings. The molecule has 1 atom stereocenters. The molecule has 1 rings (SSSR count). The van der Waals surface area contributed by atoms with Gasteiger partial charge >= 0.3 is 0 Å². The lowest BCUT2D eigenvalue weighted by molar-refractivity contribution is -0.0234. The monoisotopic (exact) mass is 257 g/mol. The Hall–Kier alpha value is -0.120. The first-order chi connectivity index (χ1) is 8.53. The summed E-state index contributed by atoms with van der Waals surface area (Å²) < 4.78 is 5.76. The van der Waals surface area contributed by atoms with E-state index in [1.807, 2.05) is 0 Å². The fourth-order valence-corrected chi connectivity index (χ4v) is 2.24. The molecule has 1 unspecified atom stereocenters. The van der Waals surface area contributed by atoms with Crippen LogP contribution in [0.4, 0.5) is 0 Å². The molecule has 0 aliphatic heterocycles. The summed E-state index contributed by atoms with van der Waals surface area (Å²) in [6, 6.07) is 0. The third kappa shape index (κ3) is 6.72. The molecule has 108 valence electrons. The van der Waals surface area contributed by atoms with Gasteiger partial charge in [0.25, 0.3) is 0 Å². The van der Waals surface area contributed by atoms with E-state index in [2.05, 4.69) is 26.1 Å². The Labute approximate surface area is 112 Å². The van der Waals surface area contributed by atoms with E-state index in [4.69, 9.17) is 4.74 Å². The van der Waals surface area contributed by atoms with Gasteiger partial charge in [-0.1, -0.05) is 40.0 Å².